The van der Waals surface area contributed by atoms with Crippen molar-refractivity contribution in [3.63, 3.8) is 0 Å². The maximum Gasteiger partial charge on any atom is 0.275 e. The number of hydrogen-bond donors (Lipinski definition) is 1. The number of amides is 1. The molecule has 7 heteroatoms. The highest BCUT2D eigenvalue weighted by atomic mass is 16.5. The van der Waals surface area contributed by atoms with Gasteiger partial charge in [-0.1, -0.05) is 18.2 Å². The number of morpholine rings is 1. The normalized spacial score (nSPS) is 19.0. The molecule has 1 N–H and O–H groups in total. The van der Waals surface area contributed by atoms with Crippen molar-refractivity contribution in [2.45, 2.75) is 19.6 Å². The van der Waals surface area contributed by atoms with Gasteiger partial charge in [-0.15, -0.1) is 0 Å². The zero-order valence-corrected chi connectivity index (χ0v) is 13.3. The third kappa shape index (κ3) is 2.97. The third-order valence-electron chi connectivity index (χ3n) is 4.13. The van der Waals surface area contributed by atoms with E-state index in [1.807, 2.05) is 6.92 Å². The second kappa shape index (κ2) is 6.47. The summed E-state index contributed by atoms with van der Waals surface area (Å²) < 4.78 is 6.79. The van der Waals surface area contributed by atoms with Gasteiger partial charge in [-0.2, -0.15) is 5.10 Å². The summed E-state index contributed by atoms with van der Waals surface area (Å²) in [7, 11) is 1.55. The molecule has 23 heavy (non-hydrogen) atoms. The van der Waals surface area contributed by atoms with Crippen molar-refractivity contribution in [2.24, 2.45) is 0 Å². The number of ether oxygens (including phenoxy) is 1. The number of hydrogen-bond acceptors (Lipinski definition) is 5. The van der Waals surface area contributed by atoms with E-state index in [1.165, 1.54) is 4.68 Å². The Labute approximate surface area is 133 Å². The van der Waals surface area contributed by atoms with Crippen LogP contribution in [0.4, 0.5) is 0 Å². The van der Waals surface area contributed by atoms with E-state index in [0.717, 1.165) is 6.54 Å². The van der Waals surface area contributed by atoms with Crippen LogP contribution in [0.3, 0.4) is 0 Å². The van der Waals surface area contributed by atoms with Crippen LogP contribution in [0.1, 0.15) is 17.4 Å². The molecule has 1 saturated heterocycles. The summed E-state index contributed by atoms with van der Waals surface area (Å²) in [5.74, 6) is -0.301. The van der Waals surface area contributed by atoms with E-state index < -0.39 is 0 Å². The molecule has 0 aliphatic carbocycles. The maximum atomic E-state index is 12.7. The average Bonchev–Trinajstić information content (AvgIpc) is 2.58. The Morgan fingerprint density at radius 2 is 2.13 bits per heavy atom. The summed E-state index contributed by atoms with van der Waals surface area (Å²) in [4.78, 5) is 26.9. The lowest BCUT2D eigenvalue weighted by molar-refractivity contribution is -0.0180. The van der Waals surface area contributed by atoms with E-state index in [-0.39, 0.29) is 23.2 Å². The first kappa shape index (κ1) is 15.6. The lowest BCUT2D eigenvalue weighted by Gasteiger charge is -2.33. The second-order valence-electron chi connectivity index (χ2n) is 5.66. The summed E-state index contributed by atoms with van der Waals surface area (Å²) in [6.45, 7) is 4.39. The summed E-state index contributed by atoms with van der Waals surface area (Å²) in [5, 5.41) is 7.97. The SMILES string of the molecule is CNC(=O)c1nn(CN2CCOC[C@H]2C)c(=O)c2ccccc12. The van der Waals surface area contributed by atoms with Gasteiger partial charge in [0.1, 0.15) is 0 Å². The highest BCUT2D eigenvalue weighted by Crippen LogP contribution is 2.14. The number of nitrogens with one attached hydrogen (secondary N) is 1. The molecule has 1 aromatic heterocycles. The fourth-order valence-electron chi connectivity index (χ4n) is 2.76. The van der Waals surface area contributed by atoms with E-state index in [0.29, 0.717) is 30.7 Å². The van der Waals surface area contributed by atoms with Crippen LogP contribution < -0.4 is 10.9 Å². The highest BCUT2D eigenvalue weighted by Gasteiger charge is 2.21. The van der Waals surface area contributed by atoms with Gasteiger partial charge < -0.3 is 10.1 Å². The van der Waals surface area contributed by atoms with Crippen LogP contribution in [0.5, 0.6) is 0 Å². The Morgan fingerprint density at radius 1 is 1.39 bits per heavy atom. The first-order chi connectivity index (χ1) is 11.1. The maximum absolute atomic E-state index is 12.7. The molecule has 1 aliphatic rings. The summed E-state index contributed by atoms with van der Waals surface area (Å²) in [6, 6.07) is 7.26. The van der Waals surface area contributed by atoms with Gasteiger partial charge in [-0.05, 0) is 13.0 Å². The number of nitrogens with zero attached hydrogens (tertiary/aromatic N) is 3. The monoisotopic (exact) mass is 316 g/mol. The van der Waals surface area contributed by atoms with E-state index in [2.05, 4.69) is 15.3 Å². The van der Waals surface area contributed by atoms with Gasteiger partial charge in [0.05, 0.1) is 25.3 Å². The topological polar surface area (TPSA) is 76.5 Å². The predicted molar refractivity (Wildman–Crippen MR) is 86.4 cm³/mol. The molecule has 7 nitrogen and oxygen atoms in total. The molecule has 0 bridgehead atoms. The summed E-state index contributed by atoms with van der Waals surface area (Å²) in [6.07, 6.45) is 0. The number of aromatic nitrogens is 2. The Kier molecular flexibility index (Phi) is 4.40. The molecule has 1 aliphatic heterocycles. The van der Waals surface area contributed by atoms with Gasteiger partial charge in [0.2, 0.25) is 0 Å². The van der Waals surface area contributed by atoms with Crippen LogP contribution in [0.25, 0.3) is 10.8 Å². The van der Waals surface area contributed by atoms with Crippen LogP contribution in [-0.2, 0) is 11.4 Å². The molecule has 0 unspecified atom stereocenters. The number of fused-ring (bicyclic) bond motifs is 1. The highest BCUT2D eigenvalue weighted by molar-refractivity contribution is 6.04. The van der Waals surface area contributed by atoms with Crippen LogP contribution in [0.2, 0.25) is 0 Å². The van der Waals surface area contributed by atoms with E-state index in [4.69, 9.17) is 4.74 Å². The molecular weight excluding hydrogens is 296 g/mol. The second-order valence-corrected chi connectivity index (χ2v) is 5.66. The lowest BCUT2D eigenvalue weighted by Crippen LogP contribution is -2.46. The molecular formula is C16H20N4O3. The van der Waals surface area contributed by atoms with Crippen molar-refractivity contribution >= 4 is 16.7 Å². The molecule has 1 atom stereocenters. The van der Waals surface area contributed by atoms with E-state index in [1.54, 1.807) is 31.3 Å². The molecule has 1 fully saturated rings. The average molecular weight is 316 g/mol. The molecule has 0 radical (unpaired) electrons. The van der Waals surface area contributed by atoms with Crippen molar-refractivity contribution < 1.29 is 9.53 Å². The fraction of sp³-hybridized carbons (Fsp3) is 0.438. The van der Waals surface area contributed by atoms with Crippen LogP contribution in [-0.4, -0.2) is 53.4 Å². The van der Waals surface area contributed by atoms with Crippen molar-refractivity contribution in [3.05, 3.63) is 40.3 Å². The van der Waals surface area contributed by atoms with Crippen molar-refractivity contribution in [2.75, 3.05) is 26.8 Å². The molecule has 2 heterocycles. The van der Waals surface area contributed by atoms with Crippen LogP contribution in [0, 0.1) is 0 Å². The van der Waals surface area contributed by atoms with Gasteiger partial charge in [0.15, 0.2) is 5.69 Å². The zero-order valence-electron chi connectivity index (χ0n) is 13.3. The van der Waals surface area contributed by atoms with Crippen LogP contribution >= 0.6 is 0 Å². The molecule has 2 aromatic rings. The third-order valence-corrected chi connectivity index (χ3v) is 4.13. The quantitative estimate of drug-likeness (QED) is 0.889. The minimum atomic E-state index is -0.301. The smallest absolute Gasteiger partial charge is 0.275 e. The number of carbonyl (C=O) groups is 1. The molecule has 0 saturated carbocycles. The minimum Gasteiger partial charge on any atom is -0.379 e. The number of benzene rings is 1. The van der Waals surface area contributed by atoms with Crippen molar-refractivity contribution in [1.29, 1.82) is 0 Å². The Balaban J connectivity index is 2.08. The predicted octanol–water partition coefficient (Wildman–Crippen LogP) is 0.434. The Bertz CT molecular complexity index is 786. The summed E-state index contributed by atoms with van der Waals surface area (Å²) >= 11 is 0. The van der Waals surface area contributed by atoms with Gasteiger partial charge in [-0.3, -0.25) is 14.5 Å². The molecule has 122 valence electrons. The van der Waals surface area contributed by atoms with E-state index >= 15 is 0 Å². The first-order valence-corrected chi connectivity index (χ1v) is 7.65. The standard InChI is InChI=1S/C16H20N4O3/c1-11-9-23-8-7-19(11)10-20-16(22)13-6-4-3-5-12(13)14(18-20)15(21)17-2/h3-6,11H,7-10H2,1-2H3,(H,17,21)/t11-/m1/s1. The van der Waals surface area contributed by atoms with Gasteiger partial charge in [0.25, 0.3) is 11.5 Å². The minimum absolute atomic E-state index is 0.188. The molecule has 1 aromatic carbocycles. The van der Waals surface area contributed by atoms with E-state index in [9.17, 15) is 9.59 Å². The molecule has 1 amide bonds. The van der Waals surface area contributed by atoms with Crippen LogP contribution in [0.15, 0.2) is 29.1 Å². The number of carbonyl (C=O) groups excluding carboxylic acids is 1. The van der Waals surface area contributed by atoms with Gasteiger partial charge in [0, 0.05) is 25.0 Å². The summed E-state index contributed by atoms with van der Waals surface area (Å²) in [5.41, 5.74) is 0.0792. The van der Waals surface area contributed by atoms with Crippen molar-refractivity contribution in [3.8, 4) is 0 Å². The zero-order chi connectivity index (χ0) is 16.4. The molecule has 0 spiro atoms. The number of rotatable bonds is 3. The van der Waals surface area contributed by atoms with Gasteiger partial charge in [-0.25, -0.2) is 4.68 Å². The van der Waals surface area contributed by atoms with Gasteiger partial charge >= 0.3 is 0 Å². The largest absolute Gasteiger partial charge is 0.379 e. The fourth-order valence-corrected chi connectivity index (χ4v) is 2.76. The molecule has 3 rings (SSSR count). The Morgan fingerprint density at radius 3 is 2.83 bits per heavy atom. The Hall–Kier alpha value is -2.25. The lowest BCUT2D eigenvalue weighted by atomic mass is 10.1. The van der Waals surface area contributed by atoms with Crippen molar-refractivity contribution in [1.82, 2.24) is 20.0 Å². The first-order valence-electron chi connectivity index (χ1n) is 7.65.